The van der Waals surface area contributed by atoms with E-state index in [1.165, 1.54) is 42.6 Å². The Morgan fingerprint density at radius 3 is 2.64 bits per heavy atom. The Morgan fingerprint density at radius 2 is 1.96 bits per heavy atom. The number of carbonyl (C=O) groups is 1. The third kappa shape index (κ3) is 4.21. The van der Waals surface area contributed by atoms with E-state index < -0.39 is 22.5 Å². The molecule has 0 fully saturated rings. The molecule has 0 unspecified atom stereocenters. The molecule has 2 heterocycles. The maximum absolute atomic E-state index is 12.3. The molecule has 3 rings (SSSR count). The van der Waals surface area contributed by atoms with Crippen LogP contribution in [0, 0.1) is 0 Å². The summed E-state index contributed by atoms with van der Waals surface area (Å²) in [6.45, 7) is -2.70. The van der Waals surface area contributed by atoms with E-state index in [-0.39, 0.29) is 23.9 Å². The van der Waals surface area contributed by atoms with Gasteiger partial charge < -0.3 is 15.0 Å². The highest BCUT2D eigenvalue weighted by Gasteiger charge is 2.25. The first kappa shape index (κ1) is 17.1. The fourth-order valence-electron chi connectivity index (χ4n) is 2.26. The monoisotopic (exact) mass is 369 g/mol. The van der Waals surface area contributed by atoms with E-state index in [0.717, 1.165) is 0 Å². The number of hydrogen-bond acceptors (Lipinski definition) is 5. The molecule has 1 N–H and O–H groups in total. The van der Waals surface area contributed by atoms with Crippen LogP contribution in [0.2, 0.25) is 0 Å². The number of fused-ring (bicyclic) bond motifs is 1. The molecule has 10 heteroatoms. The number of sulfonamides is 1. The van der Waals surface area contributed by atoms with Crippen molar-refractivity contribution in [1.29, 1.82) is 0 Å². The summed E-state index contributed by atoms with van der Waals surface area (Å²) in [5, 5.41) is 2.62. The Morgan fingerprint density at radius 1 is 1.24 bits per heavy atom. The third-order valence-corrected chi connectivity index (χ3v) is 4.59. The van der Waals surface area contributed by atoms with E-state index in [1.807, 2.05) is 0 Å². The predicted octanol–water partition coefficient (Wildman–Crippen LogP) is 1.72. The van der Waals surface area contributed by atoms with Gasteiger partial charge in [0.15, 0.2) is 0 Å². The van der Waals surface area contributed by atoms with Crippen molar-refractivity contribution in [3.8, 4) is 5.75 Å². The van der Waals surface area contributed by atoms with Gasteiger partial charge in [0.1, 0.15) is 11.6 Å². The van der Waals surface area contributed by atoms with Gasteiger partial charge in [-0.05, 0) is 36.4 Å². The summed E-state index contributed by atoms with van der Waals surface area (Å²) < 4.78 is 55.0. The number of nitrogens with one attached hydrogen (secondary N) is 1. The number of alkyl halides is 2. The lowest BCUT2D eigenvalue weighted by atomic mass is 10.1. The summed E-state index contributed by atoms with van der Waals surface area (Å²) in [4.78, 5) is 13.8. The first-order valence-corrected chi connectivity index (χ1v) is 8.79. The topological polar surface area (TPSA) is 88.1 Å². The molecule has 25 heavy (non-hydrogen) atoms. The van der Waals surface area contributed by atoms with Gasteiger partial charge in [-0.2, -0.15) is 8.78 Å². The Labute approximate surface area is 142 Å². The number of carbonyl (C=O) groups excluding carboxylic acids is 1. The number of ether oxygens (including phenoxy) is 1. The maximum Gasteiger partial charge on any atom is 0.387 e. The summed E-state index contributed by atoms with van der Waals surface area (Å²) in [5.74, 6) is -0.302. The number of hydrogen-bond donors (Lipinski definition) is 1. The lowest BCUT2D eigenvalue weighted by molar-refractivity contribution is -0.112. The number of amides is 1. The quantitative estimate of drug-likeness (QED) is 0.873. The molecule has 7 nitrogen and oxygen atoms in total. The van der Waals surface area contributed by atoms with E-state index in [2.05, 4.69) is 14.5 Å². The Bertz CT molecular complexity index is 877. The van der Waals surface area contributed by atoms with Gasteiger partial charge in [-0.25, -0.2) is 8.42 Å². The molecule has 132 valence electrons. The smallest absolute Gasteiger partial charge is 0.387 e. The van der Waals surface area contributed by atoms with Crippen molar-refractivity contribution in [3.05, 3.63) is 48.2 Å². The van der Waals surface area contributed by atoms with Gasteiger partial charge >= 0.3 is 6.61 Å². The number of nitrogens with zero attached hydrogens (tertiary/aromatic N) is 2. The van der Waals surface area contributed by atoms with Crippen LogP contribution in [0.5, 0.6) is 5.75 Å². The predicted molar refractivity (Wildman–Crippen MR) is 86.9 cm³/mol. The number of amidine groups is 1. The van der Waals surface area contributed by atoms with E-state index in [4.69, 9.17) is 0 Å². The summed E-state index contributed by atoms with van der Waals surface area (Å²) in [5.41, 5.74) is 0.716. The first-order chi connectivity index (χ1) is 11.8. The van der Waals surface area contributed by atoms with Crippen LogP contribution >= 0.6 is 0 Å². The second kappa shape index (κ2) is 6.63. The van der Waals surface area contributed by atoms with Gasteiger partial charge in [0, 0.05) is 18.4 Å². The molecule has 0 saturated heterocycles. The molecule has 2 aliphatic rings. The first-order valence-electron chi connectivity index (χ1n) is 7.18. The Hall–Kier alpha value is -2.75. The Kier molecular flexibility index (Phi) is 4.53. The fraction of sp³-hybridized carbons (Fsp3) is 0.200. The number of benzene rings is 1. The zero-order chi connectivity index (χ0) is 18.0. The van der Waals surface area contributed by atoms with E-state index in [0.29, 0.717) is 11.3 Å². The third-order valence-electron chi connectivity index (χ3n) is 3.42. The highest BCUT2D eigenvalue weighted by Crippen LogP contribution is 2.20. The summed E-state index contributed by atoms with van der Waals surface area (Å²) in [6.07, 6.45) is 4.42. The molecule has 0 atom stereocenters. The average molecular weight is 369 g/mol. The number of anilines is 1. The van der Waals surface area contributed by atoms with Crippen LogP contribution in [0.1, 0.15) is 0 Å². The molecule has 1 aromatic carbocycles. The average Bonchev–Trinajstić information content (AvgIpc) is 2.55. The fourth-order valence-corrected chi connectivity index (χ4v) is 3.23. The van der Waals surface area contributed by atoms with Crippen LogP contribution in [-0.2, 0) is 14.8 Å². The lowest BCUT2D eigenvalue weighted by Gasteiger charge is -2.26. The highest BCUT2D eigenvalue weighted by atomic mass is 32.2. The van der Waals surface area contributed by atoms with Gasteiger partial charge in [0.2, 0.25) is 0 Å². The standard InChI is InChI=1S/C15H13F2N3O4S/c16-15(17)24-12-4-2-11(3-5-12)18-14(21)10-1-6-13-19-25(22,23)8-7-20(13)9-10/h1-6,9,15H,7-8H2,(H,18,21). The van der Waals surface area contributed by atoms with Crippen molar-refractivity contribution < 1.29 is 26.7 Å². The van der Waals surface area contributed by atoms with Crippen LogP contribution < -0.4 is 10.1 Å². The second-order valence-electron chi connectivity index (χ2n) is 5.20. The van der Waals surface area contributed by atoms with E-state index in [1.54, 1.807) is 4.90 Å². The summed E-state index contributed by atoms with van der Waals surface area (Å²) >= 11 is 0. The minimum atomic E-state index is -3.45. The zero-order valence-corrected chi connectivity index (χ0v) is 13.5. The van der Waals surface area contributed by atoms with E-state index in [9.17, 15) is 22.0 Å². The van der Waals surface area contributed by atoms with Crippen molar-refractivity contribution in [1.82, 2.24) is 4.90 Å². The molecule has 1 amide bonds. The Balaban J connectivity index is 1.68. The van der Waals surface area contributed by atoms with Crippen molar-refractivity contribution >= 4 is 27.5 Å². The minimum absolute atomic E-state index is 0.0137. The molecule has 0 aromatic heterocycles. The lowest BCUT2D eigenvalue weighted by Crippen LogP contribution is -2.37. The van der Waals surface area contributed by atoms with Gasteiger partial charge in [0.25, 0.3) is 15.9 Å². The highest BCUT2D eigenvalue weighted by molar-refractivity contribution is 7.90. The van der Waals surface area contributed by atoms with Crippen LogP contribution in [0.3, 0.4) is 0 Å². The molecule has 2 aliphatic heterocycles. The molecule has 0 saturated carbocycles. The maximum atomic E-state index is 12.3. The largest absolute Gasteiger partial charge is 0.435 e. The molecule has 1 aromatic rings. The van der Waals surface area contributed by atoms with Crippen LogP contribution in [0.4, 0.5) is 14.5 Å². The SMILES string of the molecule is O=C(Nc1ccc(OC(F)F)cc1)C1=CN2CCS(=O)(=O)N=C2C=C1. The molecular formula is C15H13F2N3O4S. The van der Waals surface area contributed by atoms with Gasteiger partial charge in [-0.1, -0.05) is 0 Å². The molecular weight excluding hydrogens is 356 g/mol. The van der Waals surface area contributed by atoms with Crippen molar-refractivity contribution in [2.75, 3.05) is 17.6 Å². The van der Waals surface area contributed by atoms with Crippen molar-refractivity contribution in [2.45, 2.75) is 6.61 Å². The molecule has 0 radical (unpaired) electrons. The van der Waals surface area contributed by atoms with Crippen molar-refractivity contribution in [3.63, 3.8) is 0 Å². The van der Waals surface area contributed by atoms with Crippen LogP contribution in [-0.4, -0.2) is 44.0 Å². The minimum Gasteiger partial charge on any atom is -0.435 e. The van der Waals surface area contributed by atoms with Gasteiger partial charge in [0.05, 0.1) is 11.3 Å². The van der Waals surface area contributed by atoms with Crippen LogP contribution in [0.25, 0.3) is 0 Å². The summed E-state index contributed by atoms with van der Waals surface area (Å²) in [7, 11) is -3.45. The zero-order valence-electron chi connectivity index (χ0n) is 12.7. The normalized spacial score (nSPS) is 18.3. The molecule has 0 spiro atoms. The molecule has 0 bridgehead atoms. The van der Waals surface area contributed by atoms with Gasteiger partial charge in [-0.15, -0.1) is 4.40 Å². The van der Waals surface area contributed by atoms with Crippen LogP contribution in [0.15, 0.2) is 52.6 Å². The van der Waals surface area contributed by atoms with Crippen molar-refractivity contribution in [2.24, 2.45) is 4.40 Å². The summed E-state index contributed by atoms with van der Waals surface area (Å²) in [6, 6.07) is 5.49. The molecule has 0 aliphatic carbocycles. The number of halogens is 2. The second-order valence-corrected chi connectivity index (χ2v) is 6.96. The van der Waals surface area contributed by atoms with E-state index >= 15 is 0 Å². The van der Waals surface area contributed by atoms with Gasteiger partial charge in [-0.3, -0.25) is 4.79 Å². The number of rotatable bonds is 4.